The van der Waals surface area contributed by atoms with Crippen LogP contribution in [0.2, 0.25) is 0 Å². The highest BCUT2D eigenvalue weighted by molar-refractivity contribution is 7.12. The highest BCUT2D eigenvalue weighted by atomic mass is 32.1. The first-order valence-electron chi connectivity index (χ1n) is 9.96. The van der Waals surface area contributed by atoms with E-state index in [1.807, 2.05) is 6.20 Å². The van der Waals surface area contributed by atoms with Gasteiger partial charge >= 0.3 is 0 Å². The Bertz CT molecular complexity index is 869. The minimum atomic E-state index is 0.620. The van der Waals surface area contributed by atoms with Crippen molar-refractivity contribution in [2.75, 3.05) is 13.1 Å². The van der Waals surface area contributed by atoms with E-state index in [4.69, 9.17) is 0 Å². The number of rotatable bonds is 4. The fraction of sp³-hybridized carbons (Fsp3) is 0.524. The van der Waals surface area contributed by atoms with Crippen LogP contribution in [0.25, 0.3) is 11.2 Å². The molecule has 2 aliphatic rings. The summed E-state index contributed by atoms with van der Waals surface area (Å²) in [6.45, 7) is 3.48. The number of thiophene rings is 1. The summed E-state index contributed by atoms with van der Waals surface area (Å²) in [6, 6.07) is 6.95. The molecule has 1 N–H and O–H groups in total. The number of imidazole rings is 1. The standard InChI is InChI=1S/C21H26N4S/c1-2-4-16(3-1)19-6-5-17(26-19)13-25-11-8-15(9-12-25)18-7-10-22-21-20(18)23-14-24-21/h5-7,10,14-16H,1-4,8-9,11-13H2,(H,22,23,24). The van der Waals surface area contributed by atoms with Crippen molar-refractivity contribution in [1.82, 2.24) is 19.9 Å². The average Bonchev–Trinajstić information content (AvgIpc) is 3.42. The first kappa shape index (κ1) is 16.5. The lowest BCUT2D eigenvalue weighted by Gasteiger charge is -2.32. The maximum absolute atomic E-state index is 4.35. The maximum Gasteiger partial charge on any atom is 0.177 e. The molecule has 3 aromatic heterocycles. The van der Waals surface area contributed by atoms with Crippen molar-refractivity contribution in [3.05, 3.63) is 46.0 Å². The fourth-order valence-corrected chi connectivity index (χ4v) is 5.97. The minimum Gasteiger partial charge on any atom is -0.343 e. The Kier molecular flexibility index (Phi) is 4.51. The molecule has 0 bridgehead atoms. The number of piperidine rings is 1. The van der Waals surface area contributed by atoms with Gasteiger partial charge in [-0.1, -0.05) is 12.8 Å². The van der Waals surface area contributed by atoms with Gasteiger partial charge in [-0.25, -0.2) is 9.97 Å². The Morgan fingerprint density at radius 2 is 1.85 bits per heavy atom. The van der Waals surface area contributed by atoms with Crippen molar-refractivity contribution in [2.24, 2.45) is 0 Å². The third-order valence-electron chi connectivity index (χ3n) is 6.21. The van der Waals surface area contributed by atoms with E-state index in [1.165, 1.54) is 57.2 Å². The van der Waals surface area contributed by atoms with E-state index in [9.17, 15) is 0 Å². The van der Waals surface area contributed by atoms with Crippen LogP contribution in [0.1, 0.15) is 65.7 Å². The number of nitrogens with one attached hydrogen (secondary N) is 1. The summed E-state index contributed by atoms with van der Waals surface area (Å²) in [6.07, 6.45) is 11.8. The predicted molar refractivity (Wildman–Crippen MR) is 107 cm³/mol. The fourth-order valence-electron chi connectivity index (χ4n) is 4.74. The third-order valence-corrected chi connectivity index (χ3v) is 7.44. The summed E-state index contributed by atoms with van der Waals surface area (Å²) < 4.78 is 0. The Labute approximate surface area is 158 Å². The van der Waals surface area contributed by atoms with Crippen molar-refractivity contribution in [3.8, 4) is 0 Å². The molecule has 4 heterocycles. The number of likely N-dealkylation sites (tertiary alicyclic amines) is 1. The molecule has 0 aromatic carbocycles. The molecule has 0 unspecified atom stereocenters. The lowest BCUT2D eigenvalue weighted by atomic mass is 9.89. The number of aromatic nitrogens is 3. The lowest BCUT2D eigenvalue weighted by Crippen LogP contribution is -2.32. The van der Waals surface area contributed by atoms with Crippen LogP contribution < -0.4 is 0 Å². The molecule has 5 rings (SSSR count). The second-order valence-corrected chi connectivity index (χ2v) is 9.04. The highest BCUT2D eigenvalue weighted by Crippen LogP contribution is 2.38. The Morgan fingerprint density at radius 1 is 1.00 bits per heavy atom. The van der Waals surface area contributed by atoms with Crippen molar-refractivity contribution in [2.45, 2.75) is 56.9 Å². The van der Waals surface area contributed by atoms with Gasteiger partial charge in [0.15, 0.2) is 5.65 Å². The van der Waals surface area contributed by atoms with Crippen LogP contribution in [0.3, 0.4) is 0 Å². The van der Waals surface area contributed by atoms with Crippen LogP contribution in [-0.4, -0.2) is 32.9 Å². The number of hydrogen-bond donors (Lipinski definition) is 1. The average molecular weight is 367 g/mol. The molecule has 26 heavy (non-hydrogen) atoms. The summed E-state index contributed by atoms with van der Waals surface area (Å²) in [5, 5.41) is 0. The predicted octanol–water partition coefficient (Wildman–Crippen LogP) is 5.06. The summed E-state index contributed by atoms with van der Waals surface area (Å²) in [7, 11) is 0. The number of aromatic amines is 1. The van der Waals surface area contributed by atoms with E-state index in [0.29, 0.717) is 5.92 Å². The smallest absolute Gasteiger partial charge is 0.177 e. The van der Waals surface area contributed by atoms with Crippen LogP contribution in [0.4, 0.5) is 0 Å². The molecular formula is C21H26N4S. The number of pyridine rings is 1. The van der Waals surface area contributed by atoms with Crippen LogP contribution in [0.15, 0.2) is 30.7 Å². The Hall–Kier alpha value is -1.72. The first-order chi connectivity index (χ1) is 12.9. The number of fused-ring (bicyclic) bond motifs is 1. The second-order valence-electron chi connectivity index (χ2n) is 7.84. The molecule has 1 saturated carbocycles. The molecule has 3 aromatic rings. The van der Waals surface area contributed by atoms with E-state index in [0.717, 1.165) is 23.6 Å². The molecule has 4 nitrogen and oxygen atoms in total. The molecule has 136 valence electrons. The van der Waals surface area contributed by atoms with Crippen molar-refractivity contribution < 1.29 is 0 Å². The molecule has 2 fully saturated rings. The van der Waals surface area contributed by atoms with Crippen molar-refractivity contribution in [1.29, 1.82) is 0 Å². The van der Waals surface area contributed by atoms with Gasteiger partial charge in [0.1, 0.15) is 0 Å². The topological polar surface area (TPSA) is 44.8 Å². The van der Waals surface area contributed by atoms with Gasteiger partial charge < -0.3 is 4.98 Å². The van der Waals surface area contributed by atoms with Crippen molar-refractivity contribution in [3.63, 3.8) is 0 Å². The maximum atomic E-state index is 4.35. The quantitative estimate of drug-likeness (QED) is 0.702. The van der Waals surface area contributed by atoms with E-state index in [-0.39, 0.29) is 0 Å². The summed E-state index contributed by atoms with van der Waals surface area (Å²) in [4.78, 5) is 17.7. The molecule has 1 saturated heterocycles. The van der Waals surface area contributed by atoms with Gasteiger partial charge in [-0.3, -0.25) is 4.90 Å². The summed E-state index contributed by atoms with van der Waals surface area (Å²) in [5.41, 5.74) is 3.38. The Morgan fingerprint density at radius 3 is 2.69 bits per heavy atom. The number of H-pyrrole nitrogens is 1. The van der Waals surface area contributed by atoms with E-state index < -0.39 is 0 Å². The van der Waals surface area contributed by atoms with Gasteiger partial charge in [-0.05, 0) is 74.4 Å². The number of hydrogen-bond acceptors (Lipinski definition) is 4. The highest BCUT2D eigenvalue weighted by Gasteiger charge is 2.24. The van der Waals surface area contributed by atoms with Gasteiger partial charge in [0, 0.05) is 22.5 Å². The molecule has 0 spiro atoms. The lowest BCUT2D eigenvalue weighted by molar-refractivity contribution is 0.206. The Balaban J connectivity index is 1.21. The molecule has 0 amide bonds. The summed E-state index contributed by atoms with van der Waals surface area (Å²) in [5.74, 6) is 1.47. The minimum absolute atomic E-state index is 0.620. The zero-order valence-corrected chi connectivity index (χ0v) is 16.0. The normalized spacial score (nSPS) is 20.3. The van der Waals surface area contributed by atoms with Crippen molar-refractivity contribution >= 4 is 22.5 Å². The van der Waals surface area contributed by atoms with Gasteiger partial charge in [0.2, 0.25) is 0 Å². The monoisotopic (exact) mass is 366 g/mol. The molecule has 0 atom stereocenters. The first-order valence-corrected chi connectivity index (χ1v) is 10.8. The van der Waals surface area contributed by atoms with Crippen LogP contribution in [-0.2, 0) is 6.54 Å². The molecule has 1 aliphatic carbocycles. The SMILES string of the molecule is c1cc(C2CCN(Cc3ccc(C4CCCC4)s3)CC2)c2[nH]cnc2n1. The molecule has 0 radical (unpaired) electrons. The zero-order valence-electron chi connectivity index (χ0n) is 15.2. The third kappa shape index (κ3) is 3.19. The van der Waals surface area contributed by atoms with Gasteiger partial charge in [-0.15, -0.1) is 11.3 Å². The van der Waals surface area contributed by atoms with Gasteiger partial charge in [0.25, 0.3) is 0 Å². The van der Waals surface area contributed by atoms with Gasteiger partial charge in [0.05, 0.1) is 11.8 Å². The molecule has 1 aliphatic heterocycles. The van der Waals surface area contributed by atoms with Crippen LogP contribution >= 0.6 is 11.3 Å². The molecular weight excluding hydrogens is 340 g/mol. The molecule has 5 heteroatoms. The zero-order chi connectivity index (χ0) is 17.3. The second kappa shape index (κ2) is 7.12. The van der Waals surface area contributed by atoms with Crippen LogP contribution in [0, 0.1) is 0 Å². The van der Waals surface area contributed by atoms with E-state index >= 15 is 0 Å². The van der Waals surface area contributed by atoms with Crippen LogP contribution in [0.5, 0.6) is 0 Å². The number of nitrogens with zero attached hydrogens (tertiary/aromatic N) is 3. The van der Waals surface area contributed by atoms with E-state index in [1.54, 1.807) is 16.1 Å². The summed E-state index contributed by atoms with van der Waals surface area (Å²) >= 11 is 2.06. The van der Waals surface area contributed by atoms with Gasteiger partial charge in [-0.2, -0.15) is 0 Å². The van der Waals surface area contributed by atoms with E-state index in [2.05, 4.69) is 49.4 Å². The largest absolute Gasteiger partial charge is 0.343 e.